The van der Waals surface area contributed by atoms with Gasteiger partial charge < -0.3 is 9.47 Å². The van der Waals surface area contributed by atoms with Crippen LogP contribution in [0.25, 0.3) is 0 Å². The van der Waals surface area contributed by atoms with E-state index in [9.17, 15) is 9.18 Å². The van der Waals surface area contributed by atoms with E-state index in [2.05, 4.69) is 32.6 Å². The largest absolute Gasteiger partial charge is 0.486 e. The number of halogens is 2. The van der Waals surface area contributed by atoms with Gasteiger partial charge in [-0.05, 0) is 58.8 Å². The van der Waals surface area contributed by atoms with Crippen molar-refractivity contribution >= 4 is 34.4 Å². The number of aryl methyl sites for hydroxylation is 1. The summed E-state index contributed by atoms with van der Waals surface area (Å²) in [7, 11) is 1.30. The fourth-order valence-electron chi connectivity index (χ4n) is 2.01. The molecule has 2 aromatic carbocycles. The van der Waals surface area contributed by atoms with Gasteiger partial charge in [0.1, 0.15) is 6.61 Å². The van der Waals surface area contributed by atoms with Gasteiger partial charge in [-0.25, -0.2) is 9.18 Å². The first-order valence-corrected chi connectivity index (χ1v) is 8.16. The monoisotopic (exact) mass is 429 g/mol. The van der Waals surface area contributed by atoms with Crippen molar-refractivity contribution in [3.8, 4) is 5.75 Å². The number of amides is 1. The summed E-state index contributed by atoms with van der Waals surface area (Å²) in [5, 5.41) is 2.63. The van der Waals surface area contributed by atoms with E-state index >= 15 is 0 Å². The molecule has 0 atom stereocenters. The minimum absolute atomic E-state index is 0.140. The van der Waals surface area contributed by atoms with Crippen molar-refractivity contribution in [1.82, 2.24) is 0 Å². The summed E-state index contributed by atoms with van der Waals surface area (Å²) in [4.78, 5) is 11.4. The van der Waals surface area contributed by atoms with Gasteiger partial charge in [-0.15, -0.1) is 0 Å². The molecule has 4 nitrogen and oxygen atoms in total. The topological polar surface area (TPSA) is 47.6 Å². The molecule has 0 fully saturated rings. The molecule has 0 aliphatic rings. The molecule has 0 radical (unpaired) electrons. The Morgan fingerprint density at radius 2 is 2.09 bits per heavy atom. The van der Waals surface area contributed by atoms with Crippen molar-refractivity contribution in [2.45, 2.75) is 20.0 Å². The predicted octanol–water partition coefficient (Wildman–Crippen LogP) is 4.75. The standard InChI is InChI=1S/C17H17FINO3/c1-3-11-7-8-16(13(18)9-11)23-10-12-14(19)5-4-6-15(12)20-17(21)22-2/h4-9H,3,10H2,1-2H3,(H,20,21). The van der Waals surface area contributed by atoms with Crippen LogP contribution in [0.3, 0.4) is 0 Å². The lowest BCUT2D eigenvalue weighted by Crippen LogP contribution is -2.14. The Morgan fingerprint density at radius 3 is 2.74 bits per heavy atom. The summed E-state index contributed by atoms with van der Waals surface area (Å²) in [6.45, 7) is 2.10. The van der Waals surface area contributed by atoms with Gasteiger partial charge in [-0.3, -0.25) is 5.32 Å². The van der Waals surface area contributed by atoms with Crippen molar-refractivity contribution in [1.29, 1.82) is 0 Å². The van der Waals surface area contributed by atoms with E-state index in [0.717, 1.165) is 21.1 Å². The van der Waals surface area contributed by atoms with Gasteiger partial charge in [0.05, 0.1) is 12.8 Å². The minimum atomic E-state index is -0.563. The number of rotatable bonds is 5. The van der Waals surface area contributed by atoms with Crippen LogP contribution in [0.1, 0.15) is 18.1 Å². The van der Waals surface area contributed by atoms with Crippen molar-refractivity contribution in [2.24, 2.45) is 0 Å². The van der Waals surface area contributed by atoms with Crippen LogP contribution in [-0.4, -0.2) is 13.2 Å². The SMILES string of the molecule is CCc1ccc(OCc2c(I)cccc2NC(=O)OC)c(F)c1. The Bertz CT molecular complexity index is 706. The summed E-state index contributed by atoms with van der Waals surface area (Å²) >= 11 is 2.14. The maximum Gasteiger partial charge on any atom is 0.411 e. The Labute approximate surface area is 148 Å². The first-order chi connectivity index (χ1) is 11.0. The van der Waals surface area contributed by atoms with E-state index in [0.29, 0.717) is 5.69 Å². The smallest absolute Gasteiger partial charge is 0.411 e. The highest BCUT2D eigenvalue weighted by molar-refractivity contribution is 14.1. The second-order valence-electron chi connectivity index (χ2n) is 4.79. The highest BCUT2D eigenvalue weighted by Gasteiger charge is 2.12. The molecule has 0 aliphatic carbocycles. The van der Waals surface area contributed by atoms with Crippen molar-refractivity contribution in [3.63, 3.8) is 0 Å². The fraction of sp³-hybridized carbons (Fsp3) is 0.235. The second-order valence-corrected chi connectivity index (χ2v) is 5.95. The van der Waals surface area contributed by atoms with Gasteiger partial charge in [0.15, 0.2) is 11.6 Å². The van der Waals surface area contributed by atoms with Gasteiger partial charge in [-0.1, -0.05) is 19.1 Å². The van der Waals surface area contributed by atoms with Gasteiger partial charge in [0.2, 0.25) is 0 Å². The summed E-state index contributed by atoms with van der Waals surface area (Å²) < 4.78 is 25.1. The third-order valence-corrected chi connectivity index (χ3v) is 4.33. The predicted molar refractivity (Wildman–Crippen MR) is 95.3 cm³/mol. The van der Waals surface area contributed by atoms with Crippen molar-refractivity contribution in [3.05, 3.63) is 56.9 Å². The molecule has 122 valence electrons. The lowest BCUT2D eigenvalue weighted by atomic mass is 10.1. The van der Waals surface area contributed by atoms with E-state index in [1.807, 2.05) is 25.1 Å². The van der Waals surface area contributed by atoms with Gasteiger partial charge >= 0.3 is 6.09 Å². The summed E-state index contributed by atoms with van der Waals surface area (Å²) in [5.74, 6) is -0.205. The minimum Gasteiger partial charge on any atom is -0.486 e. The van der Waals surface area contributed by atoms with Gasteiger partial charge in [0.25, 0.3) is 0 Å². The van der Waals surface area contributed by atoms with Gasteiger partial charge in [0, 0.05) is 9.13 Å². The molecule has 0 saturated carbocycles. The quantitative estimate of drug-likeness (QED) is 0.698. The third kappa shape index (κ3) is 4.57. The van der Waals surface area contributed by atoms with Crippen LogP contribution in [0.4, 0.5) is 14.9 Å². The maximum absolute atomic E-state index is 14.0. The van der Waals surface area contributed by atoms with Crippen LogP contribution in [0.15, 0.2) is 36.4 Å². The Kier molecular flexibility index (Phi) is 6.20. The maximum atomic E-state index is 14.0. The Morgan fingerprint density at radius 1 is 1.30 bits per heavy atom. The molecule has 1 N–H and O–H groups in total. The molecule has 0 spiro atoms. The van der Waals surface area contributed by atoms with E-state index in [4.69, 9.17) is 4.74 Å². The van der Waals surface area contributed by atoms with Crippen LogP contribution < -0.4 is 10.1 Å². The number of methoxy groups -OCH3 is 1. The van der Waals surface area contributed by atoms with Crippen molar-refractivity contribution in [2.75, 3.05) is 12.4 Å². The number of nitrogens with one attached hydrogen (secondary N) is 1. The Balaban J connectivity index is 2.18. The number of carbonyl (C=O) groups excluding carboxylic acids is 1. The molecule has 6 heteroatoms. The molecule has 0 saturated heterocycles. The molecule has 2 aromatic rings. The van der Waals surface area contributed by atoms with Crippen LogP contribution in [-0.2, 0) is 17.8 Å². The average Bonchev–Trinajstić information content (AvgIpc) is 2.55. The zero-order valence-corrected chi connectivity index (χ0v) is 15.0. The lowest BCUT2D eigenvalue weighted by Gasteiger charge is -2.14. The van der Waals surface area contributed by atoms with Crippen LogP contribution in [0.5, 0.6) is 5.75 Å². The van der Waals surface area contributed by atoms with Crippen LogP contribution in [0.2, 0.25) is 0 Å². The van der Waals surface area contributed by atoms with E-state index < -0.39 is 11.9 Å². The van der Waals surface area contributed by atoms with Gasteiger partial charge in [-0.2, -0.15) is 0 Å². The van der Waals surface area contributed by atoms with E-state index in [1.54, 1.807) is 12.1 Å². The summed E-state index contributed by atoms with van der Waals surface area (Å²) in [6, 6.07) is 10.4. The van der Waals surface area contributed by atoms with Crippen LogP contribution in [0, 0.1) is 9.39 Å². The molecular formula is C17H17FINO3. The number of hydrogen-bond donors (Lipinski definition) is 1. The number of benzene rings is 2. The molecule has 2 rings (SSSR count). The number of carbonyl (C=O) groups is 1. The van der Waals surface area contributed by atoms with Crippen molar-refractivity contribution < 1.29 is 18.7 Å². The third-order valence-electron chi connectivity index (χ3n) is 3.32. The first-order valence-electron chi connectivity index (χ1n) is 7.08. The van der Waals surface area contributed by atoms with E-state index in [-0.39, 0.29) is 12.4 Å². The molecule has 23 heavy (non-hydrogen) atoms. The highest BCUT2D eigenvalue weighted by Crippen LogP contribution is 2.25. The molecular weight excluding hydrogens is 412 g/mol. The number of ether oxygens (including phenoxy) is 2. The molecule has 0 aliphatic heterocycles. The second kappa shape index (κ2) is 8.14. The summed E-state index contributed by atoms with van der Waals surface area (Å²) in [5.41, 5.74) is 2.25. The Hall–Kier alpha value is -1.83. The fourth-order valence-corrected chi connectivity index (χ4v) is 2.67. The number of anilines is 1. The normalized spacial score (nSPS) is 10.3. The first kappa shape index (κ1) is 17.5. The molecule has 0 bridgehead atoms. The molecule has 0 unspecified atom stereocenters. The molecule has 0 aromatic heterocycles. The molecule has 0 heterocycles. The number of hydrogen-bond acceptors (Lipinski definition) is 3. The van der Waals surface area contributed by atoms with Crippen LogP contribution >= 0.6 is 22.6 Å². The average molecular weight is 429 g/mol. The highest BCUT2D eigenvalue weighted by atomic mass is 127. The summed E-state index contributed by atoms with van der Waals surface area (Å²) in [6.07, 6.45) is 0.202. The zero-order valence-electron chi connectivity index (χ0n) is 12.9. The lowest BCUT2D eigenvalue weighted by molar-refractivity contribution is 0.187. The molecule has 1 amide bonds. The zero-order chi connectivity index (χ0) is 16.8. The van der Waals surface area contributed by atoms with E-state index in [1.165, 1.54) is 13.2 Å².